The van der Waals surface area contributed by atoms with Gasteiger partial charge in [0.05, 0.1) is 45.3 Å². The van der Waals surface area contributed by atoms with E-state index < -0.39 is 0 Å². The monoisotopic (exact) mass is 884 g/mol. The number of hydrogen-bond acceptors (Lipinski definition) is 4. The third-order valence-corrected chi connectivity index (χ3v) is 13.5. The maximum absolute atomic E-state index is 9.69. The zero-order valence-corrected chi connectivity index (χ0v) is 37.9. The number of anilines is 6. The fourth-order valence-corrected chi connectivity index (χ4v) is 10.1. The van der Waals surface area contributed by atoms with Crippen molar-refractivity contribution in [2.45, 2.75) is 13.3 Å². The highest BCUT2D eigenvalue weighted by Crippen LogP contribution is 2.43. The summed E-state index contributed by atoms with van der Waals surface area (Å²) in [6, 6.07) is 78.8. The fourth-order valence-electron chi connectivity index (χ4n) is 10.1. The largest absolute Gasteiger partial charge is 0.310 e. The molecule has 0 aliphatic heterocycles. The minimum Gasteiger partial charge on any atom is -0.310 e. The minimum absolute atomic E-state index is 0.527. The summed E-state index contributed by atoms with van der Waals surface area (Å²) >= 11 is 0. The lowest BCUT2D eigenvalue weighted by atomic mass is 10.0. The molecule has 11 aromatic rings. The van der Waals surface area contributed by atoms with Gasteiger partial charge >= 0.3 is 0 Å². The third-order valence-electron chi connectivity index (χ3n) is 13.5. The van der Waals surface area contributed by atoms with Gasteiger partial charge in [0, 0.05) is 67.1 Å². The topological polar surface area (TPSA) is 63.9 Å². The molecule has 0 bridgehead atoms. The van der Waals surface area contributed by atoms with Crippen molar-refractivity contribution in [1.29, 1.82) is 10.5 Å². The standard InChI is InChI=1S/C63H44N6/c1-43-15-25-53(26-16-43)69-61-14-8-6-12-57(61)59-40-55(36-38-63(59)69)67(50-29-19-45(42-65)20-30-50)52-33-23-47(24-34-52)46-21-31-51(32-22-46)66(49-27-17-44(41-64)18-28-49)54-35-37-62-58(39-54)56-11-5-7-13-60(56)68(62)48-9-3-2-4-10-48/h2-15,17-40,43H,16H2,1H3. The van der Waals surface area contributed by atoms with Crippen LogP contribution in [0.3, 0.4) is 0 Å². The number of benzene rings is 9. The van der Waals surface area contributed by atoms with Crippen molar-refractivity contribution in [3.05, 3.63) is 242 Å². The summed E-state index contributed by atoms with van der Waals surface area (Å²) in [5, 5.41) is 24.1. The smallest absolute Gasteiger partial charge is 0.0991 e. The predicted octanol–water partition coefficient (Wildman–Crippen LogP) is 16.7. The molecule has 2 heterocycles. The molecule has 1 atom stereocenters. The van der Waals surface area contributed by atoms with E-state index in [-0.39, 0.29) is 0 Å². The van der Waals surface area contributed by atoms with Gasteiger partial charge < -0.3 is 18.9 Å². The SMILES string of the molecule is CC1C=CC(n2c3ccccc3c3cc(N(c4ccc(C#N)cc4)c4ccc(-c5ccc(N(c6ccc(C#N)cc6)c6ccc7c(c6)c6ccccc6n7-c6ccccc6)cc5)cc4)ccc32)=CC1. The molecule has 0 saturated heterocycles. The predicted molar refractivity (Wildman–Crippen MR) is 285 cm³/mol. The lowest BCUT2D eigenvalue weighted by Gasteiger charge is -2.26. The van der Waals surface area contributed by atoms with E-state index in [9.17, 15) is 10.5 Å². The molecule has 69 heavy (non-hydrogen) atoms. The Labute approximate surface area is 401 Å². The van der Waals surface area contributed by atoms with Crippen LogP contribution in [-0.2, 0) is 0 Å². The van der Waals surface area contributed by atoms with E-state index in [2.05, 4.69) is 220 Å². The second kappa shape index (κ2) is 17.1. The number of rotatable bonds is 9. The van der Waals surface area contributed by atoms with Gasteiger partial charge in [0.25, 0.3) is 0 Å². The number of hydrogen-bond donors (Lipinski definition) is 0. The molecular weight excluding hydrogens is 841 g/mol. The third kappa shape index (κ3) is 7.29. The van der Waals surface area contributed by atoms with E-state index in [1.807, 2.05) is 48.5 Å². The van der Waals surface area contributed by atoms with Crippen molar-refractivity contribution in [3.8, 4) is 29.0 Å². The zero-order valence-electron chi connectivity index (χ0n) is 37.9. The Balaban J connectivity index is 0.912. The first-order valence-electron chi connectivity index (χ1n) is 23.3. The lowest BCUT2D eigenvalue weighted by molar-refractivity contribution is 0.735. The van der Waals surface area contributed by atoms with Crippen LogP contribution in [0, 0.1) is 28.6 Å². The van der Waals surface area contributed by atoms with E-state index in [4.69, 9.17) is 0 Å². The van der Waals surface area contributed by atoms with Crippen LogP contribution in [-0.4, -0.2) is 9.13 Å². The zero-order chi connectivity index (χ0) is 46.4. The van der Waals surface area contributed by atoms with Gasteiger partial charge in [0.1, 0.15) is 0 Å². The molecule has 1 aliphatic carbocycles. The van der Waals surface area contributed by atoms with Crippen molar-refractivity contribution in [1.82, 2.24) is 9.13 Å². The van der Waals surface area contributed by atoms with Gasteiger partial charge in [-0.2, -0.15) is 10.5 Å². The molecule has 0 saturated carbocycles. The van der Waals surface area contributed by atoms with Gasteiger partial charge in [0.2, 0.25) is 0 Å². The van der Waals surface area contributed by atoms with Crippen LogP contribution in [0.1, 0.15) is 24.5 Å². The molecule has 9 aromatic carbocycles. The van der Waals surface area contributed by atoms with Gasteiger partial charge in [-0.15, -0.1) is 0 Å². The molecular formula is C63H44N6. The molecule has 0 fully saturated rings. The van der Waals surface area contributed by atoms with Crippen molar-refractivity contribution in [3.63, 3.8) is 0 Å². The molecule has 12 rings (SSSR count). The van der Waals surface area contributed by atoms with Crippen LogP contribution in [0.5, 0.6) is 0 Å². The maximum Gasteiger partial charge on any atom is 0.0991 e. The molecule has 0 spiro atoms. The second-order valence-corrected chi connectivity index (χ2v) is 17.7. The van der Waals surface area contributed by atoms with Crippen LogP contribution < -0.4 is 9.80 Å². The maximum atomic E-state index is 9.69. The molecule has 0 amide bonds. The Bertz CT molecular complexity index is 3880. The molecule has 2 aromatic heterocycles. The molecule has 6 heteroatoms. The highest BCUT2D eigenvalue weighted by atomic mass is 15.1. The molecule has 6 nitrogen and oxygen atoms in total. The van der Waals surface area contributed by atoms with Crippen LogP contribution in [0.15, 0.2) is 231 Å². The number of allylic oxidation sites excluding steroid dienone is 4. The van der Waals surface area contributed by atoms with E-state index in [0.29, 0.717) is 17.0 Å². The number of para-hydroxylation sites is 3. The average Bonchev–Trinajstić information content (AvgIpc) is 3.92. The number of fused-ring (bicyclic) bond motifs is 6. The van der Waals surface area contributed by atoms with E-state index in [0.717, 1.165) is 79.3 Å². The van der Waals surface area contributed by atoms with Crippen molar-refractivity contribution >= 4 is 83.4 Å². The first-order chi connectivity index (χ1) is 34.0. The summed E-state index contributed by atoms with van der Waals surface area (Å²) in [6.07, 6.45) is 7.92. The van der Waals surface area contributed by atoms with Crippen molar-refractivity contribution < 1.29 is 0 Å². The number of nitriles is 2. The highest BCUT2D eigenvalue weighted by molar-refractivity contribution is 6.12. The van der Waals surface area contributed by atoms with Gasteiger partial charge in [-0.05, 0) is 163 Å². The van der Waals surface area contributed by atoms with Crippen LogP contribution >= 0.6 is 0 Å². The highest BCUT2D eigenvalue weighted by Gasteiger charge is 2.21. The Morgan fingerprint density at radius 3 is 1.29 bits per heavy atom. The average molecular weight is 885 g/mol. The molecule has 0 N–H and O–H groups in total. The molecule has 326 valence electrons. The minimum atomic E-state index is 0.527. The normalized spacial score (nSPS) is 13.4. The summed E-state index contributed by atoms with van der Waals surface area (Å²) in [4.78, 5) is 4.53. The first-order valence-corrected chi connectivity index (χ1v) is 23.3. The molecule has 1 unspecified atom stereocenters. The quantitative estimate of drug-likeness (QED) is 0.145. The first kappa shape index (κ1) is 41.1. The summed E-state index contributed by atoms with van der Waals surface area (Å²) < 4.78 is 4.72. The van der Waals surface area contributed by atoms with Gasteiger partial charge in [0.15, 0.2) is 0 Å². The fraction of sp³-hybridized carbons (Fsp3) is 0.0476. The van der Waals surface area contributed by atoms with Crippen LogP contribution in [0.2, 0.25) is 0 Å². The summed E-state index contributed by atoms with van der Waals surface area (Å²) in [7, 11) is 0. The second-order valence-electron chi connectivity index (χ2n) is 17.7. The lowest BCUT2D eigenvalue weighted by Crippen LogP contribution is -2.10. The van der Waals surface area contributed by atoms with Crippen molar-refractivity contribution in [2.75, 3.05) is 9.80 Å². The Morgan fingerprint density at radius 1 is 0.420 bits per heavy atom. The summed E-state index contributed by atoms with van der Waals surface area (Å²) in [5.41, 5.74) is 16.3. The van der Waals surface area contributed by atoms with E-state index in [1.165, 1.54) is 27.4 Å². The van der Waals surface area contributed by atoms with E-state index in [1.54, 1.807) is 0 Å². The molecule has 0 radical (unpaired) electrons. The van der Waals surface area contributed by atoms with Crippen molar-refractivity contribution in [2.24, 2.45) is 5.92 Å². The van der Waals surface area contributed by atoms with Gasteiger partial charge in [-0.25, -0.2) is 0 Å². The number of aromatic nitrogens is 2. The van der Waals surface area contributed by atoms with Gasteiger partial charge in [-0.3, -0.25) is 0 Å². The van der Waals surface area contributed by atoms with Gasteiger partial charge in [-0.1, -0.05) is 97.9 Å². The molecule has 1 aliphatic rings. The van der Waals surface area contributed by atoms with E-state index >= 15 is 0 Å². The Kier molecular flexibility index (Phi) is 10.2. The van der Waals surface area contributed by atoms with Crippen LogP contribution in [0.25, 0.3) is 66.1 Å². The summed E-state index contributed by atoms with van der Waals surface area (Å²) in [6.45, 7) is 2.26. The number of nitrogens with zero attached hydrogens (tertiary/aromatic N) is 6. The van der Waals surface area contributed by atoms with Crippen LogP contribution in [0.4, 0.5) is 34.1 Å². The summed E-state index contributed by atoms with van der Waals surface area (Å²) in [5.74, 6) is 0.527. The Morgan fingerprint density at radius 2 is 0.826 bits per heavy atom. The Hall–Kier alpha value is -9.36.